The predicted octanol–water partition coefficient (Wildman–Crippen LogP) is 2.04. The summed E-state index contributed by atoms with van der Waals surface area (Å²) in [5.74, 6) is 0.222. The second-order valence-electron chi connectivity index (χ2n) is 8.92. The Morgan fingerprint density at radius 2 is 1.97 bits per heavy atom. The highest BCUT2D eigenvalue weighted by Gasteiger charge is 2.43. The molecule has 1 aromatic carbocycles. The normalized spacial score (nSPS) is 21.8. The Morgan fingerprint density at radius 1 is 1.21 bits per heavy atom. The van der Waals surface area contributed by atoms with Crippen LogP contribution in [0.15, 0.2) is 39.8 Å². The SMILES string of the molecule is CC(C)S(=O)(=O)c1ccc(-c2cnc(N)c(-c3nnc(NC(=O)[C@H]4NC5CCC4C5)o3)n2)cc1. The van der Waals surface area contributed by atoms with Crippen molar-refractivity contribution in [2.45, 2.75) is 55.3 Å². The maximum absolute atomic E-state index is 12.6. The smallest absolute Gasteiger partial charge is 0.322 e. The largest absolute Gasteiger partial charge is 0.401 e. The van der Waals surface area contributed by atoms with Gasteiger partial charge < -0.3 is 15.5 Å². The molecule has 1 saturated carbocycles. The Labute approximate surface area is 196 Å². The highest BCUT2D eigenvalue weighted by atomic mass is 32.2. The Bertz CT molecular complexity index is 1340. The van der Waals surface area contributed by atoms with Gasteiger partial charge in [0.1, 0.15) is 0 Å². The summed E-state index contributed by atoms with van der Waals surface area (Å²) in [6, 6.07) is 6.47. The Morgan fingerprint density at radius 3 is 2.62 bits per heavy atom. The van der Waals surface area contributed by atoms with Gasteiger partial charge in [-0.15, -0.1) is 5.10 Å². The third-order valence-electron chi connectivity index (χ3n) is 6.40. The van der Waals surface area contributed by atoms with Crippen LogP contribution in [0, 0.1) is 5.92 Å². The van der Waals surface area contributed by atoms with Crippen LogP contribution in [-0.4, -0.2) is 51.8 Å². The van der Waals surface area contributed by atoms with Crippen LogP contribution in [0.1, 0.15) is 33.1 Å². The van der Waals surface area contributed by atoms with Gasteiger partial charge in [0.25, 0.3) is 5.89 Å². The van der Waals surface area contributed by atoms with Gasteiger partial charge in [0.2, 0.25) is 5.91 Å². The average Bonchev–Trinajstić information content (AvgIpc) is 3.57. The molecule has 0 spiro atoms. The highest BCUT2D eigenvalue weighted by Crippen LogP contribution is 2.35. The minimum Gasteiger partial charge on any atom is -0.401 e. The molecule has 178 valence electrons. The van der Waals surface area contributed by atoms with Gasteiger partial charge in [0, 0.05) is 11.6 Å². The molecule has 2 aromatic heterocycles. The van der Waals surface area contributed by atoms with E-state index in [-0.39, 0.29) is 40.3 Å². The lowest BCUT2D eigenvalue weighted by Crippen LogP contribution is -2.44. The summed E-state index contributed by atoms with van der Waals surface area (Å²) in [4.78, 5) is 21.5. The summed E-state index contributed by atoms with van der Waals surface area (Å²) >= 11 is 0. The zero-order valence-corrected chi connectivity index (χ0v) is 19.5. The van der Waals surface area contributed by atoms with Crippen LogP contribution in [0.4, 0.5) is 11.8 Å². The molecule has 5 rings (SSSR count). The first-order chi connectivity index (χ1) is 16.2. The quantitative estimate of drug-likeness (QED) is 0.472. The van der Waals surface area contributed by atoms with Crippen LogP contribution in [0.2, 0.25) is 0 Å². The number of sulfone groups is 1. The number of nitrogens with zero attached hydrogens (tertiary/aromatic N) is 4. The number of amides is 1. The van der Waals surface area contributed by atoms with Crippen molar-refractivity contribution < 1.29 is 17.6 Å². The molecule has 12 heteroatoms. The van der Waals surface area contributed by atoms with E-state index in [2.05, 4.69) is 30.8 Å². The number of carbonyl (C=O) groups is 1. The van der Waals surface area contributed by atoms with Gasteiger partial charge in [-0.05, 0) is 51.2 Å². The Balaban J connectivity index is 1.35. The first-order valence-electron chi connectivity index (χ1n) is 11.1. The number of nitrogens with one attached hydrogen (secondary N) is 2. The van der Waals surface area contributed by atoms with Crippen molar-refractivity contribution in [3.05, 3.63) is 30.5 Å². The zero-order valence-electron chi connectivity index (χ0n) is 18.7. The lowest BCUT2D eigenvalue weighted by atomic mass is 9.99. The number of benzene rings is 1. The highest BCUT2D eigenvalue weighted by molar-refractivity contribution is 7.92. The maximum Gasteiger partial charge on any atom is 0.322 e. The lowest BCUT2D eigenvalue weighted by Gasteiger charge is -2.21. The van der Waals surface area contributed by atoms with Gasteiger partial charge >= 0.3 is 6.01 Å². The van der Waals surface area contributed by atoms with Crippen molar-refractivity contribution in [3.8, 4) is 22.8 Å². The van der Waals surface area contributed by atoms with Crippen molar-refractivity contribution in [1.29, 1.82) is 0 Å². The molecule has 3 atom stereocenters. The van der Waals surface area contributed by atoms with Crippen LogP contribution in [0.3, 0.4) is 0 Å². The predicted molar refractivity (Wildman–Crippen MR) is 124 cm³/mol. The van der Waals surface area contributed by atoms with Crippen LogP contribution >= 0.6 is 0 Å². The molecule has 3 heterocycles. The van der Waals surface area contributed by atoms with E-state index in [0.717, 1.165) is 19.3 Å². The van der Waals surface area contributed by atoms with Gasteiger partial charge in [-0.3, -0.25) is 10.1 Å². The second-order valence-corrected chi connectivity index (χ2v) is 11.4. The van der Waals surface area contributed by atoms with E-state index in [4.69, 9.17) is 10.2 Å². The molecule has 2 fully saturated rings. The fraction of sp³-hybridized carbons (Fsp3) is 0.409. The Hall–Kier alpha value is -3.38. The minimum absolute atomic E-state index is 0.0158. The van der Waals surface area contributed by atoms with Gasteiger partial charge in [-0.25, -0.2) is 18.4 Å². The number of anilines is 2. The minimum atomic E-state index is -3.38. The van der Waals surface area contributed by atoms with E-state index < -0.39 is 15.1 Å². The fourth-order valence-electron chi connectivity index (χ4n) is 4.49. The van der Waals surface area contributed by atoms with E-state index in [0.29, 0.717) is 23.2 Å². The van der Waals surface area contributed by atoms with Crippen LogP contribution < -0.4 is 16.4 Å². The van der Waals surface area contributed by atoms with E-state index >= 15 is 0 Å². The average molecular weight is 484 g/mol. The number of hydrogen-bond acceptors (Lipinski definition) is 10. The number of hydrogen-bond donors (Lipinski definition) is 3. The number of carbonyl (C=O) groups excluding carboxylic acids is 1. The molecule has 1 amide bonds. The number of aromatic nitrogens is 4. The van der Waals surface area contributed by atoms with E-state index in [1.54, 1.807) is 26.0 Å². The number of piperidine rings is 1. The molecular weight excluding hydrogens is 458 g/mol. The third-order valence-corrected chi connectivity index (χ3v) is 8.57. The van der Waals surface area contributed by atoms with E-state index in [9.17, 15) is 13.2 Å². The lowest BCUT2D eigenvalue weighted by molar-refractivity contribution is -0.119. The van der Waals surface area contributed by atoms with Crippen molar-refractivity contribution in [3.63, 3.8) is 0 Å². The summed E-state index contributed by atoms with van der Waals surface area (Å²) in [6.45, 7) is 3.27. The van der Waals surface area contributed by atoms with Gasteiger partial charge in [-0.1, -0.05) is 17.2 Å². The Kier molecular flexibility index (Phi) is 5.56. The molecule has 3 aromatic rings. The van der Waals surface area contributed by atoms with Crippen molar-refractivity contribution in [1.82, 2.24) is 25.5 Å². The number of rotatable bonds is 6. The molecule has 34 heavy (non-hydrogen) atoms. The molecule has 2 aliphatic rings. The number of nitrogen functional groups attached to an aromatic ring is 1. The fourth-order valence-corrected chi connectivity index (χ4v) is 5.55. The first kappa shape index (κ1) is 22.4. The van der Waals surface area contributed by atoms with Crippen molar-refractivity contribution in [2.75, 3.05) is 11.1 Å². The molecule has 1 aliphatic carbocycles. The van der Waals surface area contributed by atoms with Crippen LogP contribution in [0.5, 0.6) is 0 Å². The molecule has 2 bridgehead atoms. The maximum atomic E-state index is 12.6. The van der Waals surface area contributed by atoms with Crippen molar-refractivity contribution >= 4 is 27.6 Å². The summed E-state index contributed by atoms with van der Waals surface area (Å²) in [5, 5.41) is 13.3. The van der Waals surface area contributed by atoms with E-state index in [1.807, 2.05) is 0 Å². The molecule has 11 nitrogen and oxygen atoms in total. The molecule has 1 saturated heterocycles. The monoisotopic (exact) mass is 483 g/mol. The van der Waals surface area contributed by atoms with Crippen LogP contribution in [-0.2, 0) is 14.6 Å². The summed E-state index contributed by atoms with van der Waals surface area (Å²) in [6.07, 6.45) is 4.62. The number of nitrogens with two attached hydrogens (primary N) is 1. The van der Waals surface area contributed by atoms with Gasteiger partial charge in [-0.2, -0.15) is 0 Å². The second kappa shape index (κ2) is 8.44. The summed E-state index contributed by atoms with van der Waals surface area (Å²) in [5.41, 5.74) is 7.25. The summed E-state index contributed by atoms with van der Waals surface area (Å²) < 4.78 is 30.3. The first-order valence-corrected chi connectivity index (χ1v) is 12.6. The van der Waals surface area contributed by atoms with E-state index in [1.165, 1.54) is 18.3 Å². The molecule has 2 unspecified atom stereocenters. The molecule has 1 aliphatic heterocycles. The zero-order chi connectivity index (χ0) is 24.0. The van der Waals surface area contributed by atoms with Crippen molar-refractivity contribution in [2.24, 2.45) is 5.92 Å². The van der Waals surface area contributed by atoms with Crippen LogP contribution in [0.25, 0.3) is 22.8 Å². The number of fused-ring (bicyclic) bond motifs is 2. The topological polar surface area (TPSA) is 166 Å². The molecular formula is C22H25N7O4S. The van der Waals surface area contributed by atoms with Gasteiger partial charge in [0.05, 0.1) is 28.1 Å². The third kappa shape index (κ3) is 4.03. The standard InChI is InChI=1S/C22H25N7O4S/c1-11(2)34(31,32)15-7-4-12(5-8-15)16-10-24-19(23)18(26-16)21-28-29-22(33-21)27-20(30)17-13-3-6-14(9-13)25-17/h4-5,7-8,10-11,13-14,17,25H,3,6,9H2,1-2H3,(H2,23,24)(H,27,29,30)/t13?,14?,17-/m0/s1. The molecule has 0 radical (unpaired) electrons. The summed E-state index contributed by atoms with van der Waals surface area (Å²) in [7, 11) is -3.38. The van der Waals surface area contributed by atoms with Gasteiger partial charge in [0.15, 0.2) is 21.3 Å². The molecule has 4 N–H and O–H groups in total.